The van der Waals surface area contributed by atoms with E-state index in [1.807, 2.05) is 0 Å². The van der Waals surface area contributed by atoms with Crippen LogP contribution in [0.2, 0.25) is 0 Å². The Kier molecular flexibility index (Phi) is 7.05. The minimum atomic E-state index is 0.216. The fourth-order valence-electron chi connectivity index (χ4n) is 5.14. The van der Waals surface area contributed by atoms with Gasteiger partial charge in [0.15, 0.2) is 0 Å². The lowest BCUT2D eigenvalue weighted by atomic mass is 9.88. The van der Waals surface area contributed by atoms with Gasteiger partial charge in [0.1, 0.15) is 5.75 Å². The maximum atomic E-state index is 5.90. The van der Waals surface area contributed by atoms with Gasteiger partial charge in [-0.1, -0.05) is 34.1 Å². The van der Waals surface area contributed by atoms with Crippen molar-refractivity contribution < 1.29 is 4.74 Å². The highest BCUT2D eigenvalue weighted by atomic mass is 79.9. The van der Waals surface area contributed by atoms with E-state index < -0.39 is 0 Å². The highest BCUT2D eigenvalue weighted by molar-refractivity contribution is 9.10. The van der Waals surface area contributed by atoms with Crippen LogP contribution in [-0.4, -0.2) is 44.2 Å². The third-order valence-electron chi connectivity index (χ3n) is 6.56. The second-order valence-corrected chi connectivity index (χ2v) is 10.3. The van der Waals surface area contributed by atoms with Crippen molar-refractivity contribution in [2.24, 2.45) is 11.8 Å². The summed E-state index contributed by atoms with van der Waals surface area (Å²) >= 11 is 3.75. The summed E-state index contributed by atoms with van der Waals surface area (Å²) in [5.74, 6) is 2.49. The van der Waals surface area contributed by atoms with Crippen LogP contribution in [0, 0.1) is 11.8 Å². The Morgan fingerprint density at radius 2 is 1.83 bits per heavy atom. The van der Waals surface area contributed by atoms with Crippen molar-refractivity contribution in [3.05, 3.63) is 58.1 Å². The molecule has 2 aliphatic heterocycles. The van der Waals surface area contributed by atoms with Gasteiger partial charge in [-0.25, -0.2) is 0 Å². The van der Waals surface area contributed by atoms with E-state index in [0.717, 1.165) is 24.0 Å². The summed E-state index contributed by atoms with van der Waals surface area (Å²) < 4.78 is 7.11. The lowest BCUT2D eigenvalue weighted by molar-refractivity contribution is 0.159. The van der Waals surface area contributed by atoms with Crippen molar-refractivity contribution in [3.63, 3.8) is 0 Å². The molecule has 0 aromatic heterocycles. The molecule has 0 N–H and O–H groups in total. The lowest BCUT2D eigenvalue weighted by Gasteiger charge is -2.38. The molecule has 4 heteroatoms. The van der Waals surface area contributed by atoms with Gasteiger partial charge >= 0.3 is 0 Å². The predicted octanol–water partition coefficient (Wildman–Crippen LogP) is 5.80. The molecule has 2 heterocycles. The van der Waals surface area contributed by atoms with E-state index in [1.165, 1.54) is 66.7 Å². The van der Waals surface area contributed by atoms with E-state index in [9.17, 15) is 0 Å². The van der Waals surface area contributed by atoms with Crippen molar-refractivity contribution in [1.82, 2.24) is 4.90 Å². The molecule has 162 valence electrons. The molecule has 0 spiro atoms. The zero-order chi connectivity index (χ0) is 21.1. The van der Waals surface area contributed by atoms with Crippen LogP contribution in [0.25, 0.3) is 0 Å². The third kappa shape index (κ3) is 5.39. The number of hydrogen-bond acceptors (Lipinski definition) is 3. The molecule has 1 atom stereocenters. The maximum absolute atomic E-state index is 5.90. The summed E-state index contributed by atoms with van der Waals surface area (Å²) in [6.45, 7) is 9.03. The molecule has 1 fully saturated rings. The van der Waals surface area contributed by atoms with Gasteiger partial charge in [-0.05, 0) is 99.8 Å². The third-order valence-corrected chi connectivity index (χ3v) is 7.34. The largest absolute Gasteiger partial charge is 0.491 e. The van der Waals surface area contributed by atoms with Crippen molar-refractivity contribution in [2.75, 3.05) is 38.1 Å². The van der Waals surface area contributed by atoms with Crippen molar-refractivity contribution in [1.29, 1.82) is 0 Å². The van der Waals surface area contributed by atoms with Gasteiger partial charge in [-0.2, -0.15) is 0 Å². The number of halogens is 1. The zero-order valence-corrected chi connectivity index (χ0v) is 20.2. The second kappa shape index (κ2) is 9.74. The van der Waals surface area contributed by atoms with Crippen molar-refractivity contribution >= 4 is 21.6 Å². The van der Waals surface area contributed by atoms with Crippen LogP contribution in [-0.2, 0) is 12.8 Å². The summed E-state index contributed by atoms with van der Waals surface area (Å²) in [7, 11) is 2.24. The molecule has 4 rings (SSSR count). The van der Waals surface area contributed by atoms with Crippen LogP contribution in [0.5, 0.6) is 5.75 Å². The molecule has 2 aromatic carbocycles. The number of anilines is 1. The van der Waals surface area contributed by atoms with Crippen molar-refractivity contribution in [3.8, 4) is 5.75 Å². The van der Waals surface area contributed by atoms with Crippen LogP contribution >= 0.6 is 15.9 Å². The Labute approximate surface area is 190 Å². The Bertz CT molecular complexity index is 845. The van der Waals surface area contributed by atoms with E-state index in [4.69, 9.17) is 4.74 Å². The number of ether oxygens (including phenoxy) is 1. The summed E-state index contributed by atoms with van der Waals surface area (Å²) in [6.07, 6.45) is 5.16. The lowest BCUT2D eigenvalue weighted by Crippen LogP contribution is -2.42. The van der Waals surface area contributed by atoms with Crippen LogP contribution in [0.1, 0.15) is 37.8 Å². The van der Waals surface area contributed by atoms with Crippen LogP contribution in [0.15, 0.2) is 46.9 Å². The topological polar surface area (TPSA) is 15.7 Å². The average molecular weight is 471 g/mol. The highest BCUT2D eigenvalue weighted by Crippen LogP contribution is 2.31. The first-order valence-corrected chi connectivity index (χ1v) is 12.2. The molecule has 1 unspecified atom stereocenters. The molecule has 2 aromatic rings. The molecule has 0 bridgehead atoms. The monoisotopic (exact) mass is 470 g/mol. The maximum Gasteiger partial charge on any atom is 0.120 e. The number of benzene rings is 2. The van der Waals surface area contributed by atoms with Crippen LogP contribution in [0.3, 0.4) is 0 Å². The van der Waals surface area contributed by atoms with E-state index in [2.05, 4.69) is 89.1 Å². The quantitative estimate of drug-likeness (QED) is 0.530. The molecule has 0 radical (unpaired) electrons. The number of piperidine rings is 1. The van der Waals surface area contributed by atoms with E-state index in [0.29, 0.717) is 0 Å². The Balaban J connectivity index is 1.29. The van der Waals surface area contributed by atoms with Gasteiger partial charge in [0.25, 0.3) is 0 Å². The standard InChI is InChI=1S/C26H35BrN2O/c1-19(2)30-24-8-9-25(27)23(16-24)14-20-10-12-29(13-11-20)18-21-15-22-6-4-5-7-26(22)28(3)17-21/h4-9,16,19-21H,10-15,17-18H2,1-3H3. The highest BCUT2D eigenvalue weighted by Gasteiger charge is 2.26. The molecule has 0 aliphatic carbocycles. The summed E-state index contributed by atoms with van der Waals surface area (Å²) in [6, 6.07) is 15.3. The van der Waals surface area contributed by atoms with Gasteiger partial charge in [0.2, 0.25) is 0 Å². The minimum Gasteiger partial charge on any atom is -0.491 e. The average Bonchev–Trinajstić information content (AvgIpc) is 2.72. The number of para-hydroxylation sites is 1. The van der Waals surface area contributed by atoms with Gasteiger partial charge in [-0.15, -0.1) is 0 Å². The summed E-state index contributed by atoms with van der Waals surface area (Å²) in [4.78, 5) is 5.15. The fraction of sp³-hybridized carbons (Fsp3) is 0.538. The normalized spacial score (nSPS) is 20.4. The van der Waals surface area contributed by atoms with Gasteiger partial charge in [-0.3, -0.25) is 0 Å². The van der Waals surface area contributed by atoms with Gasteiger partial charge < -0.3 is 14.5 Å². The zero-order valence-electron chi connectivity index (χ0n) is 18.6. The minimum absolute atomic E-state index is 0.216. The van der Waals surface area contributed by atoms with E-state index in [-0.39, 0.29) is 6.10 Å². The Morgan fingerprint density at radius 1 is 1.07 bits per heavy atom. The van der Waals surface area contributed by atoms with Gasteiger partial charge in [0.05, 0.1) is 6.10 Å². The smallest absolute Gasteiger partial charge is 0.120 e. The number of rotatable bonds is 6. The number of nitrogens with zero attached hydrogens (tertiary/aromatic N) is 2. The van der Waals surface area contributed by atoms with Crippen molar-refractivity contribution in [2.45, 2.75) is 45.6 Å². The molecule has 0 saturated carbocycles. The molecule has 3 nitrogen and oxygen atoms in total. The molecular weight excluding hydrogens is 436 g/mol. The van der Waals surface area contributed by atoms with E-state index in [1.54, 1.807) is 0 Å². The second-order valence-electron chi connectivity index (χ2n) is 9.45. The van der Waals surface area contributed by atoms with Crippen LogP contribution in [0.4, 0.5) is 5.69 Å². The first-order chi connectivity index (χ1) is 14.5. The Morgan fingerprint density at radius 3 is 2.60 bits per heavy atom. The van der Waals surface area contributed by atoms with E-state index >= 15 is 0 Å². The molecule has 2 aliphatic rings. The molecular formula is C26H35BrN2O. The number of likely N-dealkylation sites (tertiary alicyclic amines) is 1. The first kappa shape index (κ1) is 21.7. The fourth-order valence-corrected chi connectivity index (χ4v) is 5.55. The van der Waals surface area contributed by atoms with Crippen LogP contribution < -0.4 is 9.64 Å². The first-order valence-electron chi connectivity index (χ1n) is 11.4. The number of hydrogen-bond donors (Lipinski definition) is 0. The predicted molar refractivity (Wildman–Crippen MR) is 130 cm³/mol. The molecule has 30 heavy (non-hydrogen) atoms. The Hall–Kier alpha value is -1.52. The van der Waals surface area contributed by atoms with Gasteiger partial charge in [0, 0.05) is 30.3 Å². The summed E-state index contributed by atoms with van der Waals surface area (Å²) in [5, 5.41) is 0. The molecule has 0 amide bonds. The number of fused-ring (bicyclic) bond motifs is 1. The molecule has 1 saturated heterocycles. The summed E-state index contributed by atoms with van der Waals surface area (Å²) in [5.41, 5.74) is 4.32. The SMILES string of the molecule is CC(C)Oc1ccc(Br)c(CC2CCN(CC3Cc4ccccc4N(C)C3)CC2)c1.